The number of hydrogen-bond acceptors (Lipinski definition) is 1. The van der Waals surface area contributed by atoms with Crippen molar-refractivity contribution in [2.75, 3.05) is 6.54 Å². The average Bonchev–Trinajstić information content (AvgIpc) is 2.29. The fourth-order valence-corrected chi connectivity index (χ4v) is 2.78. The van der Waals surface area contributed by atoms with Crippen LogP contribution in [0.2, 0.25) is 0 Å². The van der Waals surface area contributed by atoms with Crippen molar-refractivity contribution in [1.29, 1.82) is 0 Å². The van der Waals surface area contributed by atoms with Crippen LogP contribution in [0.5, 0.6) is 0 Å². The molecular weight excluding hydrogens is 194 g/mol. The van der Waals surface area contributed by atoms with Crippen molar-refractivity contribution in [3.8, 4) is 0 Å². The Morgan fingerprint density at radius 1 is 1.12 bits per heavy atom. The van der Waals surface area contributed by atoms with Crippen LogP contribution in [0.15, 0.2) is 18.2 Å². The zero-order chi connectivity index (χ0) is 11.5. The molecule has 1 aliphatic rings. The normalized spacial score (nSPS) is 17.2. The molecule has 1 aromatic rings. The summed E-state index contributed by atoms with van der Waals surface area (Å²) in [5.41, 5.74) is 10.5. The molecule has 16 heavy (non-hydrogen) atoms. The van der Waals surface area contributed by atoms with Gasteiger partial charge in [-0.1, -0.05) is 32.0 Å². The van der Waals surface area contributed by atoms with Gasteiger partial charge in [-0.15, -0.1) is 0 Å². The summed E-state index contributed by atoms with van der Waals surface area (Å²) in [5, 5.41) is 0. The second-order valence-electron chi connectivity index (χ2n) is 5.32. The van der Waals surface area contributed by atoms with E-state index in [2.05, 4.69) is 32.0 Å². The van der Waals surface area contributed by atoms with Gasteiger partial charge in [0.05, 0.1) is 0 Å². The predicted molar refractivity (Wildman–Crippen MR) is 69.7 cm³/mol. The molecule has 1 atom stereocenters. The Bertz CT molecular complexity index is 354. The Morgan fingerprint density at radius 3 is 2.44 bits per heavy atom. The maximum Gasteiger partial charge on any atom is -0.000577 e. The first-order valence-corrected chi connectivity index (χ1v) is 6.54. The van der Waals surface area contributed by atoms with Gasteiger partial charge in [0.25, 0.3) is 0 Å². The summed E-state index contributed by atoms with van der Waals surface area (Å²) in [4.78, 5) is 0. The summed E-state index contributed by atoms with van der Waals surface area (Å²) in [6.07, 6.45) is 5.24. The van der Waals surface area contributed by atoms with Gasteiger partial charge in [-0.3, -0.25) is 0 Å². The van der Waals surface area contributed by atoms with Crippen molar-refractivity contribution in [2.24, 2.45) is 11.7 Å². The fraction of sp³-hybridized carbons (Fsp3) is 0.600. The molecule has 0 aromatic heterocycles. The van der Waals surface area contributed by atoms with E-state index in [0.717, 1.165) is 6.54 Å². The molecule has 1 aliphatic carbocycles. The summed E-state index contributed by atoms with van der Waals surface area (Å²) in [6.45, 7) is 5.28. The number of fused-ring (bicyclic) bond motifs is 1. The Kier molecular flexibility index (Phi) is 3.65. The highest BCUT2D eigenvalue weighted by Crippen LogP contribution is 2.28. The minimum atomic E-state index is 0.521. The van der Waals surface area contributed by atoms with Crippen LogP contribution < -0.4 is 5.73 Å². The number of rotatable bonds is 3. The average molecular weight is 217 g/mol. The summed E-state index contributed by atoms with van der Waals surface area (Å²) < 4.78 is 0. The summed E-state index contributed by atoms with van der Waals surface area (Å²) in [5.74, 6) is 1.15. The lowest BCUT2D eigenvalue weighted by Gasteiger charge is -2.23. The molecule has 1 unspecified atom stereocenters. The zero-order valence-electron chi connectivity index (χ0n) is 10.5. The third-order valence-electron chi connectivity index (χ3n) is 3.86. The number of benzene rings is 1. The van der Waals surface area contributed by atoms with E-state index in [0.29, 0.717) is 11.8 Å². The SMILES string of the molecule is CC(C)C(CN)c1ccc2c(c1)CCCC2. The van der Waals surface area contributed by atoms with Gasteiger partial charge in [0, 0.05) is 0 Å². The van der Waals surface area contributed by atoms with E-state index in [1.807, 2.05) is 0 Å². The molecule has 1 heteroatoms. The largest absolute Gasteiger partial charge is 0.330 e. The van der Waals surface area contributed by atoms with Crippen LogP contribution in [0.1, 0.15) is 49.3 Å². The Labute approximate surface area is 99.0 Å². The van der Waals surface area contributed by atoms with Gasteiger partial charge in [-0.05, 0) is 60.8 Å². The molecular formula is C15H23N. The highest BCUT2D eigenvalue weighted by atomic mass is 14.6. The van der Waals surface area contributed by atoms with Crippen LogP contribution in [0.3, 0.4) is 0 Å². The standard InChI is InChI=1S/C15H23N/c1-11(2)15(10-16)14-8-7-12-5-3-4-6-13(12)9-14/h7-9,11,15H,3-6,10,16H2,1-2H3. The first-order valence-electron chi connectivity index (χ1n) is 6.54. The van der Waals surface area contributed by atoms with Crippen LogP contribution >= 0.6 is 0 Å². The first kappa shape index (κ1) is 11.7. The monoisotopic (exact) mass is 217 g/mol. The van der Waals surface area contributed by atoms with Gasteiger partial charge in [0.2, 0.25) is 0 Å². The minimum Gasteiger partial charge on any atom is -0.330 e. The molecule has 2 N–H and O–H groups in total. The molecule has 88 valence electrons. The van der Waals surface area contributed by atoms with E-state index in [9.17, 15) is 0 Å². The highest BCUT2D eigenvalue weighted by molar-refractivity contribution is 5.35. The molecule has 0 bridgehead atoms. The van der Waals surface area contributed by atoms with E-state index in [4.69, 9.17) is 5.73 Å². The van der Waals surface area contributed by atoms with Crippen LogP contribution in [-0.4, -0.2) is 6.54 Å². The molecule has 0 heterocycles. The van der Waals surface area contributed by atoms with Crippen LogP contribution in [0.25, 0.3) is 0 Å². The molecule has 1 nitrogen and oxygen atoms in total. The summed E-state index contributed by atoms with van der Waals surface area (Å²) in [7, 11) is 0. The molecule has 2 rings (SSSR count). The maximum atomic E-state index is 5.88. The zero-order valence-corrected chi connectivity index (χ0v) is 10.5. The Morgan fingerprint density at radius 2 is 1.81 bits per heavy atom. The van der Waals surface area contributed by atoms with E-state index in [-0.39, 0.29) is 0 Å². The molecule has 0 amide bonds. The topological polar surface area (TPSA) is 26.0 Å². The summed E-state index contributed by atoms with van der Waals surface area (Å²) >= 11 is 0. The van der Waals surface area contributed by atoms with Gasteiger partial charge in [0.1, 0.15) is 0 Å². The van der Waals surface area contributed by atoms with Crippen molar-refractivity contribution in [3.63, 3.8) is 0 Å². The van der Waals surface area contributed by atoms with Crippen molar-refractivity contribution in [2.45, 2.75) is 45.4 Å². The van der Waals surface area contributed by atoms with E-state index in [1.165, 1.54) is 31.2 Å². The lowest BCUT2D eigenvalue weighted by molar-refractivity contribution is 0.505. The van der Waals surface area contributed by atoms with E-state index in [1.54, 1.807) is 11.1 Å². The molecule has 0 aliphatic heterocycles. The van der Waals surface area contributed by atoms with Crippen LogP contribution in [-0.2, 0) is 12.8 Å². The second kappa shape index (κ2) is 5.01. The van der Waals surface area contributed by atoms with Gasteiger partial charge < -0.3 is 5.73 Å². The molecule has 0 saturated carbocycles. The first-order chi connectivity index (χ1) is 7.72. The third kappa shape index (κ3) is 2.30. The molecule has 0 spiro atoms. The quantitative estimate of drug-likeness (QED) is 0.826. The lowest BCUT2D eigenvalue weighted by atomic mass is 9.84. The third-order valence-corrected chi connectivity index (χ3v) is 3.86. The van der Waals surface area contributed by atoms with Crippen molar-refractivity contribution >= 4 is 0 Å². The van der Waals surface area contributed by atoms with Gasteiger partial charge in [0.15, 0.2) is 0 Å². The number of aryl methyl sites for hydroxylation is 2. The Balaban J connectivity index is 2.28. The molecule has 0 radical (unpaired) electrons. The fourth-order valence-electron chi connectivity index (χ4n) is 2.78. The van der Waals surface area contributed by atoms with Gasteiger partial charge in [-0.25, -0.2) is 0 Å². The summed E-state index contributed by atoms with van der Waals surface area (Å²) in [6, 6.07) is 7.03. The molecule has 0 fully saturated rings. The van der Waals surface area contributed by atoms with Gasteiger partial charge in [-0.2, -0.15) is 0 Å². The number of hydrogen-bond donors (Lipinski definition) is 1. The Hall–Kier alpha value is -0.820. The van der Waals surface area contributed by atoms with Crippen LogP contribution in [0.4, 0.5) is 0 Å². The maximum absolute atomic E-state index is 5.88. The molecule has 1 aromatic carbocycles. The number of nitrogens with two attached hydrogens (primary N) is 1. The smallest absolute Gasteiger partial charge is 0.000577 e. The molecule has 0 saturated heterocycles. The van der Waals surface area contributed by atoms with E-state index >= 15 is 0 Å². The highest BCUT2D eigenvalue weighted by Gasteiger charge is 2.16. The predicted octanol–water partition coefficient (Wildman–Crippen LogP) is 3.26. The van der Waals surface area contributed by atoms with Crippen molar-refractivity contribution in [1.82, 2.24) is 0 Å². The minimum absolute atomic E-state index is 0.521. The lowest BCUT2D eigenvalue weighted by Crippen LogP contribution is -2.18. The van der Waals surface area contributed by atoms with Crippen LogP contribution in [0, 0.1) is 5.92 Å². The van der Waals surface area contributed by atoms with Crippen molar-refractivity contribution in [3.05, 3.63) is 34.9 Å². The van der Waals surface area contributed by atoms with Gasteiger partial charge >= 0.3 is 0 Å². The second-order valence-corrected chi connectivity index (χ2v) is 5.32. The van der Waals surface area contributed by atoms with E-state index < -0.39 is 0 Å². The van der Waals surface area contributed by atoms with Crippen molar-refractivity contribution < 1.29 is 0 Å².